The average molecular weight is 565 g/mol. The minimum absolute atomic E-state index is 0.154. The molecule has 2 aliphatic heterocycles. The Morgan fingerprint density at radius 2 is 1.71 bits per heavy atom. The van der Waals surface area contributed by atoms with E-state index in [4.69, 9.17) is 14.2 Å². The molecule has 5 rings (SSSR count). The van der Waals surface area contributed by atoms with Crippen LogP contribution < -0.4 is 30.2 Å². The van der Waals surface area contributed by atoms with Crippen LogP contribution in [0.3, 0.4) is 0 Å². The Labute approximate surface area is 238 Å². The van der Waals surface area contributed by atoms with Crippen LogP contribution in [-0.4, -0.2) is 57.8 Å². The number of hydrogen-bond acceptors (Lipinski definition) is 10. The predicted octanol–water partition coefficient (Wildman–Crippen LogP) is 4.55. The van der Waals surface area contributed by atoms with Crippen molar-refractivity contribution in [2.45, 2.75) is 58.5 Å². The molecule has 0 saturated carbocycles. The first kappa shape index (κ1) is 29.4. The normalized spacial score (nSPS) is 14.6. The van der Waals surface area contributed by atoms with Crippen LogP contribution in [0.4, 0.5) is 17.6 Å². The Bertz CT molecular complexity index is 1320. The highest BCUT2D eigenvalue weighted by Crippen LogP contribution is 2.27. The van der Waals surface area contributed by atoms with Crippen molar-refractivity contribution in [3.8, 4) is 17.5 Å². The summed E-state index contributed by atoms with van der Waals surface area (Å²) in [6.07, 6.45) is 3.84. The van der Waals surface area contributed by atoms with Crippen molar-refractivity contribution in [1.29, 1.82) is 0 Å². The van der Waals surface area contributed by atoms with Crippen LogP contribution in [0.25, 0.3) is 0 Å². The van der Waals surface area contributed by atoms with Gasteiger partial charge < -0.3 is 35.3 Å². The van der Waals surface area contributed by atoms with Gasteiger partial charge in [-0.2, -0.15) is 15.0 Å². The third kappa shape index (κ3) is 8.69. The van der Waals surface area contributed by atoms with Gasteiger partial charge in [-0.25, -0.2) is 4.79 Å². The van der Waals surface area contributed by atoms with Crippen molar-refractivity contribution in [2.75, 3.05) is 30.5 Å². The number of rotatable bonds is 6. The van der Waals surface area contributed by atoms with Gasteiger partial charge in [0.15, 0.2) is 0 Å². The lowest BCUT2D eigenvalue weighted by molar-refractivity contribution is -0.139. The molecule has 0 spiro atoms. The first-order chi connectivity index (χ1) is 19.9. The molecule has 3 heterocycles. The van der Waals surface area contributed by atoms with Gasteiger partial charge in [-0.1, -0.05) is 19.1 Å². The molecule has 4 N–H and O–H groups in total. The molecule has 12 heteroatoms. The number of aliphatic carboxylic acids is 1. The van der Waals surface area contributed by atoms with Crippen LogP contribution in [0.2, 0.25) is 0 Å². The van der Waals surface area contributed by atoms with Crippen LogP contribution in [-0.2, 0) is 11.3 Å². The lowest BCUT2D eigenvalue weighted by Crippen LogP contribution is -2.40. The predicted molar refractivity (Wildman–Crippen MR) is 153 cm³/mol. The second-order valence-corrected chi connectivity index (χ2v) is 9.42. The summed E-state index contributed by atoms with van der Waals surface area (Å²) < 4.78 is 17.5. The summed E-state index contributed by atoms with van der Waals surface area (Å²) in [5.74, 6) is 0.0688. The van der Waals surface area contributed by atoms with E-state index in [1.807, 2.05) is 31.2 Å². The summed E-state index contributed by atoms with van der Waals surface area (Å²) in [6.45, 7) is 5.39. The van der Waals surface area contributed by atoms with Crippen molar-refractivity contribution in [3.63, 3.8) is 0 Å². The van der Waals surface area contributed by atoms with Gasteiger partial charge in [-0.3, -0.25) is 4.79 Å². The molecule has 0 aliphatic carbocycles. The molecule has 0 radical (unpaired) electrons. The third-order valence-electron chi connectivity index (χ3n) is 6.32. The number of anilines is 3. The molecule has 12 nitrogen and oxygen atoms in total. The second-order valence-electron chi connectivity index (χ2n) is 9.42. The Morgan fingerprint density at radius 3 is 2.41 bits per heavy atom. The first-order valence-corrected chi connectivity index (χ1v) is 13.9. The van der Waals surface area contributed by atoms with Gasteiger partial charge in [0.2, 0.25) is 11.9 Å². The fourth-order valence-corrected chi connectivity index (χ4v) is 4.11. The average Bonchev–Trinajstić information content (AvgIpc) is 2.96. The molecule has 0 saturated heterocycles. The molecule has 0 fully saturated rings. The Balaban J connectivity index is 1.62. The quantitative estimate of drug-likeness (QED) is 0.333. The van der Waals surface area contributed by atoms with Crippen LogP contribution in [0.1, 0.15) is 61.9 Å². The summed E-state index contributed by atoms with van der Waals surface area (Å²) >= 11 is 0. The second kappa shape index (κ2) is 14.7. The fourth-order valence-electron chi connectivity index (χ4n) is 4.11. The van der Waals surface area contributed by atoms with E-state index < -0.39 is 17.9 Å². The highest BCUT2D eigenvalue weighted by Gasteiger charge is 2.21. The number of benzene rings is 2. The number of nitrogens with one attached hydrogen (secondary N) is 3. The lowest BCUT2D eigenvalue weighted by Gasteiger charge is -2.16. The van der Waals surface area contributed by atoms with Crippen LogP contribution in [0, 0.1) is 0 Å². The van der Waals surface area contributed by atoms with E-state index in [2.05, 4.69) is 30.9 Å². The zero-order valence-corrected chi connectivity index (χ0v) is 23.3. The number of amides is 1. The lowest BCUT2D eigenvalue weighted by atomic mass is 10.1. The number of carbonyl (C=O) groups excluding carboxylic acids is 1. The fraction of sp³-hybridized carbons (Fsp3) is 0.414. The number of aromatic nitrogens is 3. The maximum absolute atomic E-state index is 13.0. The number of carbonyl (C=O) groups is 2. The molecule has 218 valence electrons. The molecule has 1 amide bonds. The standard InChI is InChI=1S/C29H36N6O6/c1-3-23(26(37)38)32-25(36)22-14-11-20-17-24(22)41-16-8-6-5-7-15-40-21-12-9-19(10-13-21)18-30-27-33-28(31-20)35-29(34-27)39-4-2/h9-14,17,23H,3-8,15-16,18H2,1-2H3,(H,32,36)(H,37,38)(H2,30,31,33,34,35)/t23-/m1/s1. The molecule has 2 aliphatic rings. The van der Waals surface area contributed by atoms with Crippen molar-refractivity contribution in [2.24, 2.45) is 0 Å². The molecule has 3 aromatic rings. The molecule has 41 heavy (non-hydrogen) atoms. The number of carboxylic acid groups (broad SMARTS) is 1. The highest BCUT2D eigenvalue weighted by atomic mass is 16.5. The van der Waals surface area contributed by atoms with E-state index in [9.17, 15) is 14.7 Å². The third-order valence-corrected chi connectivity index (χ3v) is 6.32. The molecule has 2 aromatic carbocycles. The summed E-state index contributed by atoms with van der Waals surface area (Å²) in [6, 6.07) is 12.0. The van der Waals surface area contributed by atoms with Crippen LogP contribution >= 0.6 is 0 Å². The number of carboxylic acids is 1. The van der Waals surface area contributed by atoms with Crippen LogP contribution in [0.5, 0.6) is 17.5 Å². The van der Waals surface area contributed by atoms with Gasteiger partial charge >= 0.3 is 12.0 Å². The molecular formula is C29H36N6O6. The summed E-state index contributed by atoms with van der Waals surface area (Å²) in [4.78, 5) is 37.7. The van der Waals surface area contributed by atoms with Crippen molar-refractivity contribution in [1.82, 2.24) is 20.3 Å². The van der Waals surface area contributed by atoms with Gasteiger partial charge in [0.25, 0.3) is 5.91 Å². The zero-order valence-electron chi connectivity index (χ0n) is 23.3. The van der Waals surface area contributed by atoms with Gasteiger partial charge in [0, 0.05) is 18.3 Å². The molecule has 6 bridgehead atoms. The Hall–Kier alpha value is -4.61. The Morgan fingerprint density at radius 1 is 0.976 bits per heavy atom. The van der Waals surface area contributed by atoms with E-state index >= 15 is 0 Å². The largest absolute Gasteiger partial charge is 0.494 e. The van der Waals surface area contributed by atoms with E-state index in [0.717, 1.165) is 37.0 Å². The maximum atomic E-state index is 13.0. The van der Waals surface area contributed by atoms with E-state index in [0.29, 0.717) is 43.8 Å². The monoisotopic (exact) mass is 564 g/mol. The minimum Gasteiger partial charge on any atom is -0.494 e. The smallest absolute Gasteiger partial charge is 0.326 e. The summed E-state index contributed by atoms with van der Waals surface area (Å²) in [7, 11) is 0. The maximum Gasteiger partial charge on any atom is 0.326 e. The van der Waals surface area contributed by atoms with Gasteiger partial charge in [-0.05, 0) is 68.9 Å². The van der Waals surface area contributed by atoms with Crippen molar-refractivity contribution < 1.29 is 28.9 Å². The minimum atomic E-state index is -1.10. The molecule has 1 atom stereocenters. The van der Waals surface area contributed by atoms with Gasteiger partial charge in [0.1, 0.15) is 17.5 Å². The zero-order chi connectivity index (χ0) is 29.0. The van der Waals surface area contributed by atoms with E-state index in [1.54, 1.807) is 25.1 Å². The molecular weight excluding hydrogens is 528 g/mol. The molecule has 0 unspecified atom stereocenters. The van der Waals surface area contributed by atoms with Gasteiger partial charge in [0.05, 0.1) is 25.4 Å². The topological polar surface area (TPSA) is 157 Å². The number of nitrogens with zero attached hydrogens (tertiary/aromatic N) is 3. The summed E-state index contributed by atoms with van der Waals surface area (Å²) in [5.41, 5.74) is 1.83. The van der Waals surface area contributed by atoms with Crippen LogP contribution in [0.15, 0.2) is 42.5 Å². The van der Waals surface area contributed by atoms with Crippen molar-refractivity contribution >= 4 is 29.5 Å². The van der Waals surface area contributed by atoms with E-state index in [1.165, 1.54) is 0 Å². The first-order valence-electron chi connectivity index (χ1n) is 13.9. The SMILES string of the molecule is CCOc1nc2nc(n1)Nc1ccc(C(=O)N[C@H](CC)C(=O)O)c(c1)OCCCCCCOc1ccc(cc1)CN2. The highest BCUT2D eigenvalue weighted by molar-refractivity contribution is 5.99. The summed E-state index contributed by atoms with van der Waals surface area (Å²) in [5, 5.41) is 18.3. The number of fused-ring (bicyclic) bond motifs is 10. The van der Waals surface area contributed by atoms with Gasteiger partial charge in [-0.15, -0.1) is 0 Å². The van der Waals surface area contributed by atoms with Crippen molar-refractivity contribution in [3.05, 3.63) is 53.6 Å². The Kier molecular flexibility index (Phi) is 10.5. The van der Waals surface area contributed by atoms with E-state index in [-0.39, 0.29) is 23.9 Å². The number of ether oxygens (including phenoxy) is 3. The number of hydrogen-bond donors (Lipinski definition) is 4. The molecule has 1 aromatic heterocycles.